The molecule has 0 aliphatic carbocycles. The Balaban J connectivity index is 2.65. The smallest absolute Gasteiger partial charge is 0.129 e. The fourth-order valence-corrected chi connectivity index (χ4v) is 1.84. The van der Waals surface area contributed by atoms with Crippen LogP contribution in [0.3, 0.4) is 0 Å². The van der Waals surface area contributed by atoms with Crippen molar-refractivity contribution >= 4 is 29.0 Å². The third-order valence-corrected chi connectivity index (χ3v) is 2.79. The summed E-state index contributed by atoms with van der Waals surface area (Å²) in [4.78, 5) is 10.8. The lowest BCUT2D eigenvalue weighted by Gasteiger charge is -2.09. The Bertz CT molecular complexity index is 323. The Morgan fingerprint density at radius 2 is 2.07 bits per heavy atom. The zero-order chi connectivity index (χ0) is 10.6. The predicted molar refractivity (Wildman–Crippen MR) is 60.0 cm³/mol. The highest BCUT2D eigenvalue weighted by Crippen LogP contribution is 2.30. The molecule has 0 radical (unpaired) electrons. The molecule has 1 aromatic carbocycles. The summed E-state index contributed by atoms with van der Waals surface area (Å²) in [5, 5.41) is 0.489. The van der Waals surface area contributed by atoms with Gasteiger partial charge in [-0.1, -0.05) is 29.8 Å². The van der Waals surface area contributed by atoms with Crippen LogP contribution >= 0.6 is 23.2 Å². The van der Waals surface area contributed by atoms with Crippen molar-refractivity contribution in [3.63, 3.8) is 0 Å². The summed E-state index contributed by atoms with van der Waals surface area (Å²) in [6.07, 6.45) is 1.14. The molecular formula is C11H12Cl2O. The van der Waals surface area contributed by atoms with Crippen LogP contribution in [-0.2, 0) is 4.79 Å². The molecule has 1 aromatic rings. The highest BCUT2D eigenvalue weighted by atomic mass is 35.5. The quantitative estimate of drug-likeness (QED) is 0.716. The van der Waals surface area contributed by atoms with E-state index < -0.39 is 0 Å². The van der Waals surface area contributed by atoms with E-state index in [0.717, 1.165) is 5.56 Å². The van der Waals surface area contributed by atoms with E-state index in [2.05, 4.69) is 0 Å². The lowest BCUT2D eigenvalue weighted by molar-refractivity contribution is -0.117. The van der Waals surface area contributed by atoms with Gasteiger partial charge in [-0.25, -0.2) is 0 Å². The van der Waals surface area contributed by atoms with Gasteiger partial charge in [0.25, 0.3) is 0 Å². The van der Waals surface area contributed by atoms with Crippen LogP contribution in [-0.4, -0.2) is 5.78 Å². The van der Waals surface area contributed by atoms with Gasteiger partial charge in [-0.15, -0.1) is 11.6 Å². The minimum absolute atomic E-state index is 0.155. The number of rotatable bonds is 4. The van der Waals surface area contributed by atoms with Gasteiger partial charge in [0.2, 0.25) is 0 Å². The van der Waals surface area contributed by atoms with Crippen LogP contribution in [0.5, 0.6) is 0 Å². The lowest BCUT2D eigenvalue weighted by atomic mass is 10.1. The Kier molecular flexibility index (Phi) is 4.43. The fraction of sp³-hybridized carbons (Fsp3) is 0.364. The van der Waals surface area contributed by atoms with E-state index >= 15 is 0 Å². The minimum Gasteiger partial charge on any atom is -0.300 e. The van der Waals surface area contributed by atoms with Crippen molar-refractivity contribution < 1.29 is 4.79 Å². The Hall–Kier alpha value is -0.530. The van der Waals surface area contributed by atoms with E-state index in [9.17, 15) is 4.79 Å². The molecule has 0 heterocycles. The molecule has 0 saturated heterocycles. The Labute approximate surface area is 94.0 Å². The molecular weight excluding hydrogens is 219 g/mol. The van der Waals surface area contributed by atoms with Crippen molar-refractivity contribution in [2.75, 3.05) is 0 Å². The van der Waals surface area contributed by atoms with Gasteiger partial charge in [-0.3, -0.25) is 0 Å². The van der Waals surface area contributed by atoms with Crippen LogP contribution < -0.4 is 0 Å². The number of halogens is 2. The van der Waals surface area contributed by atoms with Gasteiger partial charge < -0.3 is 4.79 Å². The monoisotopic (exact) mass is 230 g/mol. The third kappa shape index (κ3) is 3.32. The molecule has 0 fully saturated rings. The van der Waals surface area contributed by atoms with Crippen molar-refractivity contribution in [1.29, 1.82) is 0 Å². The number of hydrogen-bond donors (Lipinski definition) is 0. The standard InChI is InChI=1S/C11H12Cl2O/c1-8(14)6-7-11(13)9-4-2-3-5-10(9)12/h2-5,11H,6-7H2,1H3. The average Bonchev–Trinajstić information content (AvgIpc) is 2.15. The maximum absolute atomic E-state index is 10.8. The van der Waals surface area contributed by atoms with Crippen molar-refractivity contribution in [1.82, 2.24) is 0 Å². The number of alkyl halides is 1. The zero-order valence-corrected chi connectivity index (χ0v) is 9.48. The average molecular weight is 231 g/mol. The van der Waals surface area contributed by atoms with Gasteiger partial charge in [-0.2, -0.15) is 0 Å². The molecule has 0 bridgehead atoms. The van der Waals surface area contributed by atoms with Crippen LogP contribution in [0.4, 0.5) is 0 Å². The van der Waals surface area contributed by atoms with Crippen LogP contribution in [0.15, 0.2) is 24.3 Å². The Morgan fingerprint density at radius 3 is 2.64 bits per heavy atom. The van der Waals surface area contributed by atoms with Crippen molar-refractivity contribution in [2.24, 2.45) is 0 Å². The number of carbonyl (C=O) groups is 1. The summed E-state index contributed by atoms with van der Waals surface area (Å²) in [6.45, 7) is 1.57. The second-order valence-corrected chi connectivity index (χ2v) is 4.16. The SMILES string of the molecule is CC(=O)CCC(Cl)c1ccccc1Cl. The molecule has 0 aliphatic rings. The molecule has 1 atom stereocenters. The number of hydrogen-bond acceptors (Lipinski definition) is 1. The van der Waals surface area contributed by atoms with Gasteiger partial charge >= 0.3 is 0 Å². The van der Waals surface area contributed by atoms with E-state index in [1.54, 1.807) is 13.0 Å². The van der Waals surface area contributed by atoms with E-state index in [1.807, 2.05) is 18.2 Å². The number of carbonyl (C=O) groups excluding carboxylic acids is 1. The first-order valence-corrected chi connectivity index (χ1v) is 5.30. The molecule has 1 rings (SSSR count). The van der Waals surface area contributed by atoms with Gasteiger partial charge in [0, 0.05) is 11.4 Å². The van der Waals surface area contributed by atoms with Crippen LogP contribution in [0.2, 0.25) is 5.02 Å². The molecule has 0 amide bonds. The summed E-state index contributed by atoms with van der Waals surface area (Å²) in [5.41, 5.74) is 0.900. The van der Waals surface area contributed by atoms with Gasteiger partial charge in [0.05, 0.1) is 5.38 Å². The van der Waals surface area contributed by atoms with E-state index in [4.69, 9.17) is 23.2 Å². The maximum atomic E-state index is 10.8. The topological polar surface area (TPSA) is 17.1 Å². The van der Waals surface area contributed by atoms with Crippen molar-refractivity contribution in [3.05, 3.63) is 34.9 Å². The molecule has 76 valence electrons. The molecule has 0 spiro atoms. The van der Waals surface area contributed by atoms with E-state index in [0.29, 0.717) is 17.9 Å². The highest BCUT2D eigenvalue weighted by molar-refractivity contribution is 6.32. The minimum atomic E-state index is -0.174. The van der Waals surface area contributed by atoms with Crippen LogP contribution in [0.25, 0.3) is 0 Å². The highest BCUT2D eigenvalue weighted by Gasteiger charge is 2.11. The van der Waals surface area contributed by atoms with E-state index in [-0.39, 0.29) is 11.2 Å². The number of benzene rings is 1. The first-order chi connectivity index (χ1) is 6.61. The Morgan fingerprint density at radius 1 is 1.43 bits per heavy atom. The maximum Gasteiger partial charge on any atom is 0.129 e. The summed E-state index contributed by atoms with van der Waals surface area (Å²) in [5.74, 6) is 0.155. The molecule has 14 heavy (non-hydrogen) atoms. The zero-order valence-electron chi connectivity index (χ0n) is 7.97. The van der Waals surface area contributed by atoms with Crippen LogP contribution in [0, 0.1) is 0 Å². The first-order valence-electron chi connectivity index (χ1n) is 4.49. The second-order valence-electron chi connectivity index (χ2n) is 3.23. The fourth-order valence-electron chi connectivity index (χ4n) is 1.21. The number of ketones is 1. The van der Waals surface area contributed by atoms with Crippen LogP contribution in [0.1, 0.15) is 30.7 Å². The molecule has 0 aliphatic heterocycles. The summed E-state index contributed by atoms with van der Waals surface area (Å²) in [7, 11) is 0. The molecule has 1 unspecified atom stereocenters. The largest absolute Gasteiger partial charge is 0.300 e. The molecule has 0 aromatic heterocycles. The normalized spacial score (nSPS) is 12.5. The van der Waals surface area contributed by atoms with Gasteiger partial charge in [0.15, 0.2) is 0 Å². The molecule has 0 saturated carbocycles. The van der Waals surface area contributed by atoms with Crippen molar-refractivity contribution in [3.8, 4) is 0 Å². The molecule has 3 heteroatoms. The predicted octanol–water partition coefficient (Wildman–Crippen LogP) is 3.99. The summed E-state index contributed by atoms with van der Waals surface area (Å²) >= 11 is 12.1. The lowest BCUT2D eigenvalue weighted by Crippen LogP contribution is -1.96. The van der Waals surface area contributed by atoms with Gasteiger partial charge in [0.1, 0.15) is 5.78 Å². The molecule has 1 nitrogen and oxygen atoms in total. The second kappa shape index (κ2) is 5.38. The summed E-state index contributed by atoms with van der Waals surface area (Å²) < 4.78 is 0. The van der Waals surface area contributed by atoms with Gasteiger partial charge in [-0.05, 0) is 25.0 Å². The number of Topliss-reactive ketones (excluding diaryl/α,β-unsaturated/α-hetero) is 1. The summed E-state index contributed by atoms with van der Waals surface area (Å²) in [6, 6.07) is 7.45. The van der Waals surface area contributed by atoms with Crippen molar-refractivity contribution in [2.45, 2.75) is 25.1 Å². The molecule has 0 N–H and O–H groups in total. The first kappa shape index (κ1) is 11.5. The van der Waals surface area contributed by atoms with E-state index in [1.165, 1.54) is 0 Å². The third-order valence-electron chi connectivity index (χ3n) is 1.99.